The van der Waals surface area contributed by atoms with Gasteiger partial charge in [0, 0.05) is 35.5 Å². The lowest BCUT2D eigenvalue weighted by Crippen LogP contribution is -2.19. The number of furan rings is 1. The number of carbonyl (C=O) groups excluding carboxylic acids is 1. The number of esters is 1. The number of carbonyl (C=O) groups is 1. The summed E-state index contributed by atoms with van der Waals surface area (Å²) in [5.41, 5.74) is 4.14. The zero-order valence-electron chi connectivity index (χ0n) is 15.3. The van der Waals surface area contributed by atoms with E-state index in [-0.39, 0.29) is 5.97 Å². The van der Waals surface area contributed by atoms with E-state index in [4.69, 9.17) is 20.8 Å². The molecular formula is C22H22ClNO3. The molecule has 0 N–H and O–H groups in total. The Hall–Kier alpha value is -2.30. The Labute approximate surface area is 163 Å². The Bertz CT molecular complexity index is 965. The zero-order chi connectivity index (χ0) is 18.8. The molecule has 3 aromatic rings. The molecule has 0 amide bonds. The van der Waals surface area contributed by atoms with Crippen LogP contribution in [-0.2, 0) is 35.5 Å². The summed E-state index contributed by atoms with van der Waals surface area (Å²) in [6, 6.07) is 13.5. The fourth-order valence-corrected chi connectivity index (χ4v) is 3.89. The molecule has 0 unspecified atom stereocenters. The van der Waals surface area contributed by atoms with Crippen molar-refractivity contribution in [1.29, 1.82) is 0 Å². The molecule has 0 saturated heterocycles. The predicted molar refractivity (Wildman–Crippen MR) is 106 cm³/mol. The van der Waals surface area contributed by atoms with E-state index in [0.717, 1.165) is 58.0 Å². The van der Waals surface area contributed by atoms with Crippen molar-refractivity contribution in [1.82, 2.24) is 4.90 Å². The maximum Gasteiger partial charge on any atom is 0.306 e. The average Bonchev–Trinajstić information content (AvgIpc) is 2.91. The summed E-state index contributed by atoms with van der Waals surface area (Å²) >= 11 is 6.43. The first-order chi connectivity index (χ1) is 13.1. The molecule has 2 heterocycles. The summed E-state index contributed by atoms with van der Waals surface area (Å²) in [6.45, 7) is 2.05. The summed E-state index contributed by atoms with van der Waals surface area (Å²) in [4.78, 5) is 14.4. The van der Waals surface area contributed by atoms with Gasteiger partial charge in [-0.15, -0.1) is 0 Å². The van der Waals surface area contributed by atoms with Gasteiger partial charge in [-0.25, -0.2) is 0 Å². The standard InChI is InChI=1S/C22H22ClNO3/c1-24-12-11-16-18(23)7-8-20-22(16)17(13-24)19(27-20)9-10-21(25)26-14-15-5-3-2-4-6-15/h2-8H,9-14H2,1H3. The van der Waals surface area contributed by atoms with Crippen LogP contribution in [0.5, 0.6) is 0 Å². The Kier molecular flexibility index (Phi) is 5.19. The van der Waals surface area contributed by atoms with Gasteiger partial charge in [0.25, 0.3) is 0 Å². The van der Waals surface area contributed by atoms with E-state index in [9.17, 15) is 4.79 Å². The number of halogens is 1. The molecule has 140 valence electrons. The van der Waals surface area contributed by atoms with E-state index >= 15 is 0 Å². The van der Waals surface area contributed by atoms with Crippen molar-refractivity contribution in [3.05, 3.63) is 69.9 Å². The number of nitrogens with zero attached hydrogens (tertiary/aromatic N) is 1. The minimum absolute atomic E-state index is 0.216. The lowest BCUT2D eigenvalue weighted by molar-refractivity contribution is -0.145. The van der Waals surface area contributed by atoms with Crippen LogP contribution in [0.2, 0.25) is 5.02 Å². The van der Waals surface area contributed by atoms with Crippen LogP contribution in [0.15, 0.2) is 46.9 Å². The molecule has 0 bridgehead atoms. The molecule has 0 atom stereocenters. The molecule has 5 heteroatoms. The number of aryl methyl sites for hydroxylation is 1. The molecule has 0 radical (unpaired) electrons. The highest BCUT2D eigenvalue weighted by atomic mass is 35.5. The van der Waals surface area contributed by atoms with Crippen molar-refractivity contribution in [3.63, 3.8) is 0 Å². The summed E-state index contributed by atoms with van der Waals surface area (Å²) in [5.74, 6) is 0.644. The molecule has 4 rings (SSSR count). The largest absolute Gasteiger partial charge is 0.461 e. The molecule has 4 nitrogen and oxygen atoms in total. The summed E-state index contributed by atoms with van der Waals surface area (Å²) in [5, 5.41) is 1.91. The van der Waals surface area contributed by atoms with Gasteiger partial charge in [0.2, 0.25) is 0 Å². The molecular weight excluding hydrogens is 362 g/mol. The molecule has 1 aliphatic rings. The third-order valence-electron chi connectivity index (χ3n) is 5.06. The van der Waals surface area contributed by atoms with Crippen LogP contribution in [0.3, 0.4) is 0 Å². The molecule has 2 aromatic carbocycles. The summed E-state index contributed by atoms with van der Waals surface area (Å²) < 4.78 is 11.5. The number of likely N-dealkylation sites (N-methyl/N-ethyl adjacent to an activating group) is 1. The van der Waals surface area contributed by atoms with Gasteiger partial charge in [-0.05, 0) is 36.7 Å². The Morgan fingerprint density at radius 2 is 2.00 bits per heavy atom. The highest BCUT2D eigenvalue weighted by Gasteiger charge is 2.23. The van der Waals surface area contributed by atoms with E-state index in [1.54, 1.807) is 0 Å². The van der Waals surface area contributed by atoms with Gasteiger partial charge in [-0.1, -0.05) is 41.9 Å². The highest BCUT2D eigenvalue weighted by Crippen LogP contribution is 2.36. The van der Waals surface area contributed by atoms with E-state index in [0.29, 0.717) is 19.4 Å². The lowest BCUT2D eigenvalue weighted by atomic mass is 10.0. The summed E-state index contributed by atoms with van der Waals surface area (Å²) in [7, 11) is 2.09. The van der Waals surface area contributed by atoms with Gasteiger partial charge in [0.15, 0.2) is 0 Å². The van der Waals surface area contributed by atoms with Crippen LogP contribution in [0.4, 0.5) is 0 Å². The first-order valence-electron chi connectivity index (χ1n) is 9.21. The number of hydrogen-bond donors (Lipinski definition) is 0. The van der Waals surface area contributed by atoms with Crippen molar-refractivity contribution in [2.24, 2.45) is 0 Å². The van der Waals surface area contributed by atoms with Crippen molar-refractivity contribution in [3.8, 4) is 0 Å². The molecule has 1 aliphatic heterocycles. The van der Waals surface area contributed by atoms with Gasteiger partial charge >= 0.3 is 5.97 Å². The van der Waals surface area contributed by atoms with Gasteiger partial charge < -0.3 is 14.1 Å². The van der Waals surface area contributed by atoms with Crippen molar-refractivity contribution >= 4 is 28.5 Å². The third-order valence-corrected chi connectivity index (χ3v) is 5.41. The van der Waals surface area contributed by atoms with Gasteiger partial charge in [-0.2, -0.15) is 0 Å². The fourth-order valence-electron chi connectivity index (χ4n) is 3.64. The van der Waals surface area contributed by atoms with Gasteiger partial charge in [0.05, 0.1) is 6.42 Å². The maximum absolute atomic E-state index is 12.2. The second kappa shape index (κ2) is 7.75. The SMILES string of the molecule is CN1CCc2c(Cl)ccc3oc(CCC(=O)OCc4ccccc4)c(c23)C1. The first kappa shape index (κ1) is 18.1. The minimum Gasteiger partial charge on any atom is -0.461 e. The van der Waals surface area contributed by atoms with Crippen LogP contribution < -0.4 is 0 Å². The zero-order valence-corrected chi connectivity index (χ0v) is 16.1. The summed E-state index contributed by atoms with van der Waals surface area (Å²) in [6.07, 6.45) is 1.73. The van der Waals surface area contributed by atoms with Crippen LogP contribution in [-0.4, -0.2) is 24.5 Å². The topological polar surface area (TPSA) is 42.7 Å². The Balaban J connectivity index is 1.50. The van der Waals surface area contributed by atoms with E-state index in [2.05, 4.69) is 11.9 Å². The first-order valence-corrected chi connectivity index (χ1v) is 9.59. The lowest BCUT2D eigenvalue weighted by Gasteiger charge is -2.13. The molecule has 0 spiro atoms. The van der Waals surface area contributed by atoms with Crippen LogP contribution in [0.1, 0.15) is 28.9 Å². The van der Waals surface area contributed by atoms with E-state index < -0.39 is 0 Å². The van der Waals surface area contributed by atoms with Gasteiger partial charge in [0.1, 0.15) is 18.0 Å². The van der Waals surface area contributed by atoms with E-state index in [1.807, 2.05) is 42.5 Å². The Morgan fingerprint density at radius 3 is 2.81 bits per heavy atom. The molecule has 1 aromatic heterocycles. The second-order valence-corrected chi connectivity index (χ2v) is 7.44. The van der Waals surface area contributed by atoms with Crippen LogP contribution in [0.25, 0.3) is 11.0 Å². The predicted octanol–water partition coefficient (Wildman–Crippen LogP) is 4.75. The molecule has 0 aliphatic carbocycles. The quantitative estimate of drug-likeness (QED) is 0.596. The van der Waals surface area contributed by atoms with Crippen molar-refractivity contribution < 1.29 is 13.9 Å². The number of rotatable bonds is 5. The number of benzene rings is 2. The number of hydrogen-bond acceptors (Lipinski definition) is 4. The average molecular weight is 384 g/mol. The second-order valence-electron chi connectivity index (χ2n) is 7.04. The normalized spacial score (nSPS) is 14.3. The van der Waals surface area contributed by atoms with Crippen molar-refractivity contribution in [2.45, 2.75) is 32.4 Å². The van der Waals surface area contributed by atoms with Crippen molar-refractivity contribution in [2.75, 3.05) is 13.6 Å². The third kappa shape index (κ3) is 3.87. The highest BCUT2D eigenvalue weighted by molar-refractivity contribution is 6.32. The fraction of sp³-hybridized carbons (Fsp3) is 0.318. The van der Waals surface area contributed by atoms with Crippen LogP contribution >= 0.6 is 11.6 Å². The molecule has 27 heavy (non-hydrogen) atoms. The van der Waals surface area contributed by atoms with Gasteiger partial charge in [-0.3, -0.25) is 4.79 Å². The molecule has 0 fully saturated rings. The monoisotopic (exact) mass is 383 g/mol. The van der Waals surface area contributed by atoms with E-state index in [1.165, 1.54) is 0 Å². The van der Waals surface area contributed by atoms with Crippen LogP contribution in [0, 0.1) is 0 Å². The Morgan fingerprint density at radius 1 is 1.19 bits per heavy atom. The minimum atomic E-state index is -0.216. The number of ether oxygens (including phenoxy) is 1. The maximum atomic E-state index is 12.2. The molecule has 0 saturated carbocycles. The smallest absolute Gasteiger partial charge is 0.306 e.